The highest BCUT2D eigenvalue weighted by Crippen LogP contribution is 2.23. The van der Waals surface area contributed by atoms with Crippen molar-refractivity contribution in [1.29, 1.82) is 0 Å². The maximum Gasteiger partial charge on any atom is 0.281 e. The first kappa shape index (κ1) is 16.2. The van der Waals surface area contributed by atoms with Crippen molar-refractivity contribution in [1.82, 2.24) is 13.9 Å². The summed E-state index contributed by atoms with van der Waals surface area (Å²) in [5.41, 5.74) is 0. The summed E-state index contributed by atoms with van der Waals surface area (Å²) in [7, 11) is -3.24. The molecule has 20 heavy (non-hydrogen) atoms. The van der Waals surface area contributed by atoms with Gasteiger partial charge < -0.3 is 5.32 Å². The molecule has 1 N–H and O–H groups in total. The molecule has 0 spiro atoms. The maximum absolute atomic E-state index is 12.7. The van der Waals surface area contributed by atoms with Gasteiger partial charge in [0.2, 0.25) is 0 Å². The summed E-state index contributed by atoms with van der Waals surface area (Å²) in [5, 5.41) is 3.46. The number of nitrogens with zero attached hydrogens (tertiary/aromatic N) is 2. The van der Waals surface area contributed by atoms with E-state index in [0.717, 1.165) is 38.6 Å². The first-order chi connectivity index (χ1) is 9.55. The first-order valence-electron chi connectivity index (χ1n) is 8.04. The zero-order valence-corrected chi connectivity index (χ0v) is 13.7. The summed E-state index contributed by atoms with van der Waals surface area (Å²) in [6.07, 6.45) is 5.24. The van der Waals surface area contributed by atoms with Gasteiger partial charge in [0.25, 0.3) is 10.2 Å². The molecule has 2 aliphatic heterocycles. The Morgan fingerprint density at radius 3 is 2.25 bits per heavy atom. The smallest absolute Gasteiger partial charge is 0.281 e. The van der Waals surface area contributed by atoms with Crippen LogP contribution in [0.5, 0.6) is 0 Å². The Kier molecular flexibility index (Phi) is 5.84. The fraction of sp³-hybridized carbons (Fsp3) is 1.00. The van der Waals surface area contributed by atoms with Gasteiger partial charge in [-0.25, -0.2) is 0 Å². The minimum atomic E-state index is -3.24. The zero-order chi connectivity index (χ0) is 14.6. The van der Waals surface area contributed by atoms with Crippen LogP contribution >= 0.6 is 0 Å². The van der Waals surface area contributed by atoms with Gasteiger partial charge in [-0.1, -0.05) is 26.7 Å². The lowest BCUT2D eigenvalue weighted by molar-refractivity contribution is 0.210. The quantitative estimate of drug-likeness (QED) is 0.855. The van der Waals surface area contributed by atoms with Crippen molar-refractivity contribution in [3.8, 4) is 0 Å². The van der Waals surface area contributed by atoms with Crippen molar-refractivity contribution in [2.24, 2.45) is 5.92 Å². The van der Waals surface area contributed by atoms with Crippen molar-refractivity contribution in [3.63, 3.8) is 0 Å². The predicted octanol–water partition coefficient (Wildman–Crippen LogP) is 1.43. The Balaban J connectivity index is 1.99. The molecule has 2 fully saturated rings. The standard InChI is InChI=1S/C14H29N3O2S/c1-3-15-14-8-11-17(12-13(14)2)20(18,19)16-9-6-4-5-7-10-16/h13-15H,3-12H2,1-2H3. The zero-order valence-electron chi connectivity index (χ0n) is 12.8. The van der Waals surface area contributed by atoms with Gasteiger partial charge >= 0.3 is 0 Å². The highest BCUT2D eigenvalue weighted by molar-refractivity contribution is 7.86. The summed E-state index contributed by atoms with van der Waals surface area (Å²) in [6.45, 7) is 7.91. The Morgan fingerprint density at radius 2 is 1.70 bits per heavy atom. The van der Waals surface area contributed by atoms with Gasteiger partial charge in [-0.05, 0) is 31.7 Å². The molecule has 0 bridgehead atoms. The van der Waals surface area contributed by atoms with Crippen LogP contribution in [0, 0.1) is 5.92 Å². The van der Waals surface area contributed by atoms with Crippen LogP contribution in [0.25, 0.3) is 0 Å². The first-order valence-corrected chi connectivity index (χ1v) is 9.44. The lowest BCUT2D eigenvalue weighted by Gasteiger charge is -2.38. The van der Waals surface area contributed by atoms with Gasteiger partial charge in [0.1, 0.15) is 0 Å². The second kappa shape index (κ2) is 7.20. The van der Waals surface area contributed by atoms with Crippen molar-refractivity contribution in [2.45, 2.75) is 52.0 Å². The fourth-order valence-corrected chi connectivity index (χ4v) is 5.12. The molecule has 2 unspecified atom stereocenters. The Bertz CT molecular complexity index is 391. The number of piperidine rings is 1. The Hall–Kier alpha value is -0.170. The van der Waals surface area contributed by atoms with Gasteiger partial charge in [-0.2, -0.15) is 17.0 Å². The molecular weight excluding hydrogens is 274 g/mol. The Morgan fingerprint density at radius 1 is 1.05 bits per heavy atom. The van der Waals surface area contributed by atoms with Crippen molar-refractivity contribution in [2.75, 3.05) is 32.7 Å². The lowest BCUT2D eigenvalue weighted by atomic mass is 9.95. The Labute approximate surface area is 123 Å². The molecule has 6 heteroatoms. The van der Waals surface area contributed by atoms with E-state index in [1.165, 1.54) is 0 Å². The highest BCUT2D eigenvalue weighted by Gasteiger charge is 2.35. The second-order valence-corrected chi connectivity index (χ2v) is 8.04. The molecule has 0 radical (unpaired) electrons. The van der Waals surface area contributed by atoms with E-state index in [9.17, 15) is 8.42 Å². The van der Waals surface area contributed by atoms with E-state index < -0.39 is 10.2 Å². The average molecular weight is 303 g/mol. The normalized spacial score (nSPS) is 31.1. The van der Waals surface area contributed by atoms with E-state index in [4.69, 9.17) is 0 Å². The third kappa shape index (κ3) is 3.72. The molecule has 0 aromatic rings. The molecule has 5 nitrogen and oxygen atoms in total. The van der Waals surface area contributed by atoms with Gasteiger partial charge in [0.05, 0.1) is 0 Å². The minimum absolute atomic E-state index is 0.380. The molecule has 0 aromatic heterocycles. The molecule has 2 atom stereocenters. The van der Waals surface area contributed by atoms with Crippen molar-refractivity contribution >= 4 is 10.2 Å². The van der Waals surface area contributed by atoms with Gasteiger partial charge in [-0.15, -0.1) is 0 Å². The summed E-state index contributed by atoms with van der Waals surface area (Å²) in [4.78, 5) is 0. The van der Waals surface area contributed by atoms with Gasteiger partial charge in [0.15, 0.2) is 0 Å². The molecule has 2 heterocycles. The molecule has 118 valence electrons. The summed E-state index contributed by atoms with van der Waals surface area (Å²) < 4.78 is 28.9. The maximum atomic E-state index is 12.7. The van der Waals surface area contributed by atoms with E-state index >= 15 is 0 Å². The third-order valence-electron chi connectivity index (χ3n) is 4.55. The van der Waals surface area contributed by atoms with E-state index in [-0.39, 0.29) is 0 Å². The van der Waals surface area contributed by atoms with Crippen LogP contribution in [0.15, 0.2) is 0 Å². The molecule has 2 aliphatic rings. The van der Waals surface area contributed by atoms with E-state index in [2.05, 4.69) is 19.2 Å². The van der Waals surface area contributed by atoms with Crippen LogP contribution in [0.2, 0.25) is 0 Å². The van der Waals surface area contributed by atoms with Crippen molar-refractivity contribution < 1.29 is 8.42 Å². The van der Waals surface area contributed by atoms with E-state index in [1.807, 2.05) is 0 Å². The summed E-state index contributed by atoms with van der Waals surface area (Å²) in [5.74, 6) is 0.380. The van der Waals surface area contributed by atoms with Gasteiger partial charge in [-0.3, -0.25) is 0 Å². The van der Waals surface area contributed by atoms with Crippen LogP contribution in [0.1, 0.15) is 46.0 Å². The van der Waals surface area contributed by atoms with E-state index in [0.29, 0.717) is 38.1 Å². The minimum Gasteiger partial charge on any atom is -0.314 e. The molecule has 2 saturated heterocycles. The molecule has 0 aliphatic carbocycles. The van der Waals surface area contributed by atoms with E-state index in [1.54, 1.807) is 8.61 Å². The van der Waals surface area contributed by atoms with Crippen LogP contribution in [-0.2, 0) is 10.2 Å². The largest absolute Gasteiger partial charge is 0.314 e. The fourth-order valence-electron chi connectivity index (χ4n) is 3.32. The molecular formula is C14H29N3O2S. The summed E-state index contributed by atoms with van der Waals surface area (Å²) in [6, 6.07) is 0.454. The number of nitrogens with one attached hydrogen (secondary N) is 1. The predicted molar refractivity (Wildman–Crippen MR) is 81.8 cm³/mol. The third-order valence-corrected chi connectivity index (χ3v) is 6.55. The molecule has 0 saturated carbocycles. The molecule has 0 amide bonds. The topological polar surface area (TPSA) is 52.7 Å². The monoisotopic (exact) mass is 303 g/mol. The van der Waals surface area contributed by atoms with Crippen LogP contribution in [0.3, 0.4) is 0 Å². The average Bonchev–Trinajstić information content (AvgIpc) is 2.70. The second-order valence-electron chi connectivity index (χ2n) is 6.11. The van der Waals surface area contributed by atoms with Crippen molar-refractivity contribution in [3.05, 3.63) is 0 Å². The highest BCUT2D eigenvalue weighted by atomic mass is 32.2. The van der Waals surface area contributed by atoms with Gasteiger partial charge in [0, 0.05) is 32.2 Å². The molecule has 0 aromatic carbocycles. The number of hydrogen-bond donors (Lipinski definition) is 1. The number of hydrogen-bond acceptors (Lipinski definition) is 3. The SMILES string of the molecule is CCNC1CCN(S(=O)(=O)N2CCCCCC2)CC1C. The summed E-state index contributed by atoms with van der Waals surface area (Å²) >= 11 is 0. The molecule has 2 rings (SSSR count). The number of rotatable bonds is 4. The lowest BCUT2D eigenvalue weighted by Crippen LogP contribution is -2.53. The van der Waals surface area contributed by atoms with Crippen LogP contribution in [-0.4, -0.2) is 55.8 Å². The van der Waals surface area contributed by atoms with Crippen LogP contribution < -0.4 is 5.32 Å². The van der Waals surface area contributed by atoms with Crippen LogP contribution in [0.4, 0.5) is 0 Å².